The van der Waals surface area contributed by atoms with Gasteiger partial charge in [-0.15, -0.1) is 6.58 Å². The van der Waals surface area contributed by atoms with Gasteiger partial charge in [0.05, 0.1) is 11.3 Å². The lowest BCUT2D eigenvalue weighted by atomic mass is 10.1. The number of benzene rings is 3. The van der Waals surface area contributed by atoms with Crippen LogP contribution in [0.4, 0.5) is 5.69 Å². The van der Waals surface area contributed by atoms with Crippen molar-refractivity contribution in [2.24, 2.45) is 0 Å². The maximum Gasteiger partial charge on any atom is 0.265 e. The Morgan fingerprint density at radius 3 is 2.57 bits per heavy atom. The summed E-state index contributed by atoms with van der Waals surface area (Å²) in [4.78, 5) is 24.9. The maximum absolute atomic E-state index is 12.7. The van der Waals surface area contributed by atoms with Crippen LogP contribution in [0.25, 0.3) is 10.8 Å². The van der Waals surface area contributed by atoms with Gasteiger partial charge in [0.15, 0.2) is 6.10 Å². The van der Waals surface area contributed by atoms with E-state index in [1.807, 2.05) is 42.5 Å². The number of nitrogens with one attached hydrogen (secondary N) is 2. The van der Waals surface area contributed by atoms with Gasteiger partial charge in [0.25, 0.3) is 11.8 Å². The fourth-order valence-electron chi connectivity index (χ4n) is 2.83. The molecule has 3 rings (SSSR count). The normalized spacial score (nSPS) is 11.5. The number of anilines is 1. The van der Waals surface area contributed by atoms with Crippen molar-refractivity contribution in [3.05, 3.63) is 84.9 Å². The monoisotopic (exact) mass is 374 g/mol. The highest BCUT2D eigenvalue weighted by molar-refractivity contribution is 6.04. The molecule has 28 heavy (non-hydrogen) atoms. The lowest BCUT2D eigenvalue weighted by Crippen LogP contribution is -2.31. The van der Waals surface area contributed by atoms with Crippen molar-refractivity contribution in [3.8, 4) is 5.75 Å². The Hall–Kier alpha value is -3.60. The second-order valence-electron chi connectivity index (χ2n) is 6.27. The molecule has 142 valence electrons. The van der Waals surface area contributed by atoms with Gasteiger partial charge >= 0.3 is 0 Å². The molecule has 5 heteroatoms. The summed E-state index contributed by atoms with van der Waals surface area (Å²) in [7, 11) is 0. The second kappa shape index (κ2) is 8.86. The lowest BCUT2D eigenvalue weighted by molar-refractivity contribution is -0.122. The summed E-state index contributed by atoms with van der Waals surface area (Å²) in [5.41, 5.74) is 0.817. The Morgan fingerprint density at radius 2 is 1.75 bits per heavy atom. The lowest BCUT2D eigenvalue weighted by Gasteiger charge is -2.17. The van der Waals surface area contributed by atoms with Gasteiger partial charge in [-0.3, -0.25) is 9.59 Å². The highest BCUT2D eigenvalue weighted by Crippen LogP contribution is 2.26. The molecule has 1 atom stereocenters. The number of carbonyl (C=O) groups is 2. The van der Waals surface area contributed by atoms with Gasteiger partial charge in [0.1, 0.15) is 5.75 Å². The number of rotatable bonds is 7. The number of ether oxygens (including phenoxy) is 1. The highest BCUT2D eigenvalue weighted by atomic mass is 16.5. The van der Waals surface area contributed by atoms with Gasteiger partial charge < -0.3 is 15.4 Å². The predicted octanol–water partition coefficient (Wildman–Crippen LogP) is 4.16. The molecule has 0 heterocycles. The largest absolute Gasteiger partial charge is 0.480 e. The van der Waals surface area contributed by atoms with Crippen LogP contribution in [-0.4, -0.2) is 24.5 Å². The van der Waals surface area contributed by atoms with E-state index >= 15 is 0 Å². The SMILES string of the molecule is C=CCNC(=O)c1ccccc1NC(=O)C(C)Oc1cccc2ccccc12. The number of hydrogen-bond acceptors (Lipinski definition) is 3. The van der Waals surface area contributed by atoms with Gasteiger partial charge in [0.2, 0.25) is 0 Å². The Kier molecular flexibility index (Phi) is 6.07. The van der Waals surface area contributed by atoms with E-state index in [-0.39, 0.29) is 11.8 Å². The molecule has 0 radical (unpaired) electrons. The average Bonchev–Trinajstić information content (AvgIpc) is 2.72. The van der Waals surface area contributed by atoms with Crippen molar-refractivity contribution in [2.75, 3.05) is 11.9 Å². The number of fused-ring (bicyclic) bond motifs is 1. The Labute approximate surface area is 164 Å². The number of carbonyl (C=O) groups excluding carboxylic acids is 2. The maximum atomic E-state index is 12.7. The van der Waals surface area contributed by atoms with Gasteiger partial charge in [-0.05, 0) is 30.5 Å². The quantitative estimate of drug-likeness (QED) is 0.610. The first-order chi connectivity index (χ1) is 13.6. The Bertz CT molecular complexity index is 1010. The topological polar surface area (TPSA) is 67.4 Å². The minimum Gasteiger partial charge on any atom is -0.480 e. The Balaban J connectivity index is 1.74. The third kappa shape index (κ3) is 4.38. The van der Waals surface area contributed by atoms with E-state index in [4.69, 9.17) is 4.74 Å². The van der Waals surface area contributed by atoms with Crippen LogP contribution < -0.4 is 15.4 Å². The van der Waals surface area contributed by atoms with Crippen LogP contribution >= 0.6 is 0 Å². The van der Waals surface area contributed by atoms with Crippen LogP contribution in [0.5, 0.6) is 5.75 Å². The summed E-state index contributed by atoms with van der Waals surface area (Å²) >= 11 is 0. The van der Waals surface area contributed by atoms with Crippen molar-refractivity contribution in [1.29, 1.82) is 0 Å². The van der Waals surface area contributed by atoms with E-state index in [0.717, 1.165) is 10.8 Å². The van der Waals surface area contributed by atoms with E-state index in [1.54, 1.807) is 37.3 Å². The zero-order chi connectivity index (χ0) is 19.9. The van der Waals surface area contributed by atoms with Crippen LogP contribution in [0.15, 0.2) is 79.4 Å². The second-order valence-corrected chi connectivity index (χ2v) is 6.27. The number of amides is 2. The molecule has 0 aliphatic heterocycles. The van der Waals surface area contributed by atoms with Crippen molar-refractivity contribution < 1.29 is 14.3 Å². The van der Waals surface area contributed by atoms with E-state index in [2.05, 4.69) is 17.2 Å². The summed E-state index contributed by atoms with van der Waals surface area (Å²) in [6, 6.07) is 20.4. The molecule has 0 bridgehead atoms. The fraction of sp³-hybridized carbons (Fsp3) is 0.130. The zero-order valence-electron chi connectivity index (χ0n) is 15.6. The smallest absolute Gasteiger partial charge is 0.265 e. The molecule has 0 spiro atoms. The molecular weight excluding hydrogens is 352 g/mol. The number of hydrogen-bond donors (Lipinski definition) is 2. The third-order valence-corrected chi connectivity index (χ3v) is 4.26. The first kappa shape index (κ1) is 19.2. The summed E-state index contributed by atoms with van der Waals surface area (Å²) in [6.45, 7) is 5.61. The third-order valence-electron chi connectivity index (χ3n) is 4.26. The number of para-hydroxylation sites is 1. The van der Waals surface area contributed by atoms with Crippen LogP contribution in [-0.2, 0) is 4.79 Å². The summed E-state index contributed by atoms with van der Waals surface area (Å²) in [5.74, 6) is 0.0214. The predicted molar refractivity (Wildman–Crippen MR) is 112 cm³/mol. The fourth-order valence-corrected chi connectivity index (χ4v) is 2.83. The molecule has 2 amide bonds. The van der Waals surface area contributed by atoms with Crippen LogP contribution in [0.1, 0.15) is 17.3 Å². The molecule has 2 N–H and O–H groups in total. The van der Waals surface area contributed by atoms with Crippen LogP contribution in [0.3, 0.4) is 0 Å². The van der Waals surface area contributed by atoms with Crippen LogP contribution in [0.2, 0.25) is 0 Å². The molecular formula is C23H22N2O3. The van der Waals surface area contributed by atoms with Crippen molar-refractivity contribution >= 4 is 28.3 Å². The van der Waals surface area contributed by atoms with Gasteiger partial charge in [-0.25, -0.2) is 0 Å². The van der Waals surface area contributed by atoms with Gasteiger partial charge in [-0.1, -0.05) is 54.6 Å². The molecule has 3 aromatic carbocycles. The summed E-state index contributed by atoms with van der Waals surface area (Å²) < 4.78 is 5.90. The van der Waals surface area contributed by atoms with Crippen molar-refractivity contribution in [2.45, 2.75) is 13.0 Å². The molecule has 0 aromatic heterocycles. The van der Waals surface area contributed by atoms with E-state index in [1.165, 1.54) is 0 Å². The van der Waals surface area contributed by atoms with E-state index in [0.29, 0.717) is 23.5 Å². The van der Waals surface area contributed by atoms with E-state index in [9.17, 15) is 9.59 Å². The Morgan fingerprint density at radius 1 is 1.04 bits per heavy atom. The standard InChI is InChI=1S/C23H22N2O3/c1-3-15-24-23(27)19-12-6-7-13-20(19)25-22(26)16(2)28-21-14-8-10-17-9-4-5-11-18(17)21/h3-14,16H,1,15H2,2H3,(H,24,27)(H,25,26). The molecule has 5 nitrogen and oxygen atoms in total. The van der Waals surface area contributed by atoms with Gasteiger partial charge in [0, 0.05) is 11.9 Å². The molecule has 0 saturated carbocycles. The average molecular weight is 374 g/mol. The minimum absolute atomic E-state index is 0.279. The first-order valence-corrected chi connectivity index (χ1v) is 9.03. The molecule has 3 aromatic rings. The highest BCUT2D eigenvalue weighted by Gasteiger charge is 2.19. The molecule has 0 fully saturated rings. The summed E-state index contributed by atoms with van der Waals surface area (Å²) in [6.07, 6.45) is 0.856. The first-order valence-electron chi connectivity index (χ1n) is 9.03. The van der Waals surface area contributed by atoms with Gasteiger partial charge in [-0.2, -0.15) is 0 Å². The molecule has 0 saturated heterocycles. The summed E-state index contributed by atoms with van der Waals surface area (Å²) in [5, 5.41) is 7.47. The van der Waals surface area contributed by atoms with E-state index < -0.39 is 6.10 Å². The van der Waals surface area contributed by atoms with Crippen molar-refractivity contribution in [3.63, 3.8) is 0 Å². The minimum atomic E-state index is -0.741. The van der Waals surface area contributed by atoms with Crippen molar-refractivity contribution in [1.82, 2.24) is 5.32 Å². The van der Waals surface area contributed by atoms with Crippen LogP contribution in [0, 0.1) is 0 Å². The molecule has 1 unspecified atom stereocenters. The molecule has 0 aliphatic rings. The molecule has 0 aliphatic carbocycles. The zero-order valence-corrected chi connectivity index (χ0v) is 15.6.